The first-order valence-electron chi connectivity index (χ1n) is 7.63. The zero-order valence-corrected chi connectivity index (χ0v) is 22.0. The molecule has 1 atom stereocenters. The first-order chi connectivity index (χ1) is 13.0. The average molecular weight is 653 g/mol. The molecule has 0 bridgehead atoms. The molecule has 28 heavy (non-hydrogen) atoms. The highest BCUT2D eigenvalue weighted by atomic mass is 79.9. The third-order valence-electron chi connectivity index (χ3n) is 3.39. The molecule has 0 aromatic heterocycles. The molecular weight excluding hydrogens is 640 g/mol. The molecule has 2 aromatic rings. The van der Waals surface area contributed by atoms with Gasteiger partial charge in [0.2, 0.25) is 3.79 Å². The van der Waals surface area contributed by atoms with Crippen LogP contribution in [0.3, 0.4) is 0 Å². The second-order valence-corrected chi connectivity index (χ2v) is 11.1. The number of hydrogen-bond donors (Lipinski definition) is 3. The Morgan fingerprint density at radius 2 is 1.68 bits per heavy atom. The van der Waals surface area contributed by atoms with Crippen LogP contribution >= 0.6 is 94.8 Å². The van der Waals surface area contributed by atoms with Crippen LogP contribution in [0.4, 0.5) is 5.69 Å². The number of anilines is 1. The van der Waals surface area contributed by atoms with Gasteiger partial charge in [-0.2, -0.15) is 0 Å². The molecule has 0 aliphatic heterocycles. The first-order valence-corrected chi connectivity index (χ1v) is 11.6. The smallest absolute Gasteiger partial charge is 0.253 e. The topological polar surface area (TPSA) is 53.2 Å². The number of carbonyl (C=O) groups is 1. The molecule has 4 nitrogen and oxygen atoms in total. The number of alkyl halides is 3. The maximum Gasteiger partial charge on any atom is 0.253 e. The summed E-state index contributed by atoms with van der Waals surface area (Å²) in [5.41, 5.74) is 2.16. The van der Waals surface area contributed by atoms with Gasteiger partial charge >= 0.3 is 0 Å². The van der Waals surface area contributed by atoms with Crippen molar-refractivity contribution in [1.29, 1.82) is 0 Å². The summed E-state index contributed by atoms with van der Waals surface area (Å²) in [5.74, 6) is -0.425. The lowest BCUT2D eigenvalue weighted by Gasteiger charge is -2.28. The van der Waals surface area contributed by atoms with E-state index in [1.54, 1.807) is 24.3 Å². The highest BCUT2D eigenvalue weighted by molar-refractivity contribution is 9.11. The summed E-state index contributed by atoms with van der Waals surface area (Å²) in [6.45, 7) is 1.96. The van der Waals surface area contributed by atoms with E-state index in [1.807, 2.05) is 19.1 Å². The van der Waals surface area contributed by atoms with Gasteiger partial charge in [-0.3, -0.25) is 4.79 Å². The van der Waals surface area contributed by atoms with Gasteiger partial charge in [0, 0.05) is 19.0 Å². The minimum absolute atomic E-state index is 0.163. The first kappa shape index (κ1) is 24.2. The molecule has 3 N–H and O–H groups in total. The van der Waals surface area contributed by atoms with Crippen molar-refractivity contribution in [3.63, 3.8) is 0 Å². The van der Waals surface area contributed by atoms with E-state index in [-0.39, 0.29) is 5.11 Å². The molecule has 0 saturated heterocycles. The molecule has 0 aliphatic carbocycles. The third-order valence-corrected chi connectivity index (χ3v) is 6.01. The van der Waals surface area contributed by atoms with Crippen molar-refractivity contribution < 1.29 is 4.79 Å². The monoisotopic (exact) mass is 649 g/mol. The van der Waals surface area contributed by atoms with Gasteiger partial charge in [-0.15, -0.1) is 0 Å². The van der Waals surface area contributed by atoms with Gasteiger partial charge in [0.1, 0.15) is 6.17 Å². The summed E-state index contributed by atoms with van der Waals surface area (Å²) in [6.07, 6.45) is -1.08. The van der Waals surface area contributed by atoms with E-state index in [1.165, 1.54) is 0 Å². The van der Waals surface area contributed by atoms with Gasteiger partial charge < -0.3 is 16.0 Å². The van der Waals surface area contributed by atoms with Gasteiger partial charge in [-0.25, -0.2) is 0 Å². The largest absolute Gasteiger partial charge is 0.339 e. The van der Waals surface area contributed by atoms with E-state index in [0.717, 1.165) is 19.0 Å². The Kier molecular flexibility index (Phi) is 8.88. The number of amides is 1. The van der Waals surface area contributed by atoms with E-state index >= 15 is 0 Å². The predicted octanol–water partition coefficient (Wildman–Crippen LogP) is 6.70. The van der Waals surface area contributed by atoms with Crippen LogP contribution in [0.1, 0.15) is 15.9 Å². The highest BCUT2D eigenvalue weighted by Gasteiger charge is 2.35. The standard InChI is InChI=1S/C17H13Br3Cl3N3OS/c1-8-5-11(19)13(12(20)6-8)24-16(28)26-15(17(21,22)23)25-14(27)9-3-2-4-10(18)7-9/h2-7,15H,1H3,(H,25,27)(H2,24,26,28)/t15-/m0/s1. The van der Waals surface area contributed by atoms with E-state index in [4.69, 9.17) is 47.0 Å². The van der Waals surface area contributed by atoms with Crippen LogP contribution < -0.4 is 16.0 Å². The van der Waals surface area contributed by atoms with Crippen molar-refractivity contribution in [2.45, 2.75) is 16.9 Å². The van der Waals surface area contributed by atoms with Crippen LogP contribution in [-0.4, -0.2) is 21.0 Å². The minimum Gasteiger partial charge on any atom is -0.339 e. The van der Waals surface area contributed by atoms with E-state index in [9.17, 15) is 4.79 Å². The molecule has 0 radical (unpaired) electrons. The number of nitrogens with one attached hydrogen (secondary N) is 3. The molecule has 0 spiro atoms. The molecule has 0 saturated carbocycles. The lowest BCUT2D eigenvalue weighted by atomic mass is 10.2. The van der Waals surface area contributed by atoms with E-state index in [0.29, 0.717) is 11.3 Å². The van der Waals surface area contributed by atoms with Crippen molar-refractivity contribution in [2.75, 3.05) is 5.32 Å². The summed E-state index contributed by atoms with van der Waals surface area (Å²) in [7, 11) is 0. The average Bonchev–Trinajstić information content (AvgIpc) is 2.56. The molecular formula is C17H13Br3Cl3N3OS. The van der Waals surface area contributed by atoms with Crippen LogP contribution in [-0.2, 0) is 0 Å². The molecule has 2 aromatic carbocycles. The summed E-state index contributed by atoms with van der Waals surface area (Å²) in [5, 5.41) is 8.65. The van der Waals surface area contributed by atoms with E-state index < -0.39 is 15.9 Å². The number of rotatable bonds is 4. The second kappa shape index (κ2) is 10.3. The number of hydrogen-bond acceptors (Lipinski definition) is 2. The van der Waals surface area contributed by atoms with Gasteiger partial charge in [-0.05, 0) is 86.9 Å². The number of halogens is 6. The summed E-state index contributed by atoms with van der Waals surface area (Å²) in [4.78, 5) is 12.5. The van der Waals surface area contributed by atoms with Gasteiger partial charge in [-0.1, -0.05) is 56.8 Å². The van der Waals surface area contributed by atoms with Crippen LogP contribution in [0.25, 0.3) is 0 Å². The molecule has 11 heteroatoms. The molecule has 0 aliphatic rings. The SMILES string of the molecule is Cc1cc(Br)c(NC(=S)N[C@H](NC(=O)c2cccc(Br)c2)C(Cl)(Cl)Cl)c(Br)c1. The van der Waals surface area contributed by atoms with Gasteiger partial charge in [0.15, 0.2) is 5.11 Å². The number of thiocarbonyl (C=S) groups is 1. The van der Waals surface area contributed by atoms with E-state index in [2.05, 4.69) is 63.7 Å². The Morgan fingerprint density at radius 1 is 1.07 bits per heavy atom. The Balaban J connectivity index is 2.14. The zero-order chi connectivity index (χ0) is 21.1. The lowest BCUT2D eigenvalue weighted by Crippen LogP contribution is -2.56. The van der Waals surface area contributed by atoms with Crippen LogP contribution in [0.5, 0.6) is 0 Å². The molecule has 1 amide bonds. The fourth-order valence-corrected chi connectivity index (χ4v) is 4.70. The van der Waals surface area contributed by atoms with Crippen molar-refractivity contribution >= 4 is 112 Å². The Hall–Kier alpha value is -0.0900. The van der Waals surface area contributed by atoms with Gasteiger partial charge in [0.05, 0.1) is 5.69 Å². The fourth-order valence-electron chi connectivity index (χ4n) is 2.14. The highest BCUT2D eigenvalue weighted by Crippen LogP contribution is 2.33. The normalized spacial score (nSPS) is 12.2. The fraction of sp³-hybridized carbons (Fsp3) is 0.176. The maximum absolute atomic E-state index is 12.5. The molecule has 150 valence electrons. The van der Waals surface area contributed by atoms with Crippen molar-refractivity contribution in [1.82, 2.24) is 10.6 Å². The number of aryl methyl sites for hydroxylation is 1. The predicted molar refractivity (Wildman–Crippen MR) is 132 cm³/mol. The second-order valence-electron chi connectivity index (χ2n) is 5.66. The van der Waals surface area contributed by atoms with Crippen LogP contribution in [0, 0.1) is 6.92 Å². The molecule has 0 heterocycles. The van der Waals surface area contributed by atoms with Crippen LogP contribution in [0.2, 0.25) is 0 Å². The lowest BCUT2D eigenvalue weighted by molar-refractivity contribution is 0.0934. The Labute approximate surface area is 208 Å². The zero-order valence-electron chi connectivity index (χ0n) is 14.1. The maximum atomic E-state index is 12.5. The number of benzene rings is 2. The minimum atomic E-state index is -1.85. The quantitative estimate of drug-likeness (QED) is 0.196. The van der Waals surface area contributed by atoms with Gasteiger partial charge in [0.25, 0.3) is 5.91 Å². The van der Waals surface area contributed by atoms with Crippen molar-refractivity contribution in [3.05, 3.63) is 60.9 Å². The Bertz CT molecular complexity index is 886. The number of carbonyl (C=O) groups excluding carboxylic acids is 1. The Morgan fingerprint density at radius 3 is 2.21 bits per heavy atom. The summed E-state index contributed by atoms with van der Waals surface area (Å²) >= 11 is 33.7. The molecule has 2 rings (SSSR count). The third kappa shape index (κ3) is 7.00. The summed E-state index contributed by atoms with van der Waals surface area (Å²) in [6, 6.07) is 10.7. The van der Waals surface area contributed by atoms with Crippen molar-refractivity contribution in [2.24, 2.45) is 0 Å². The molecule has 0 unspecified atom stereocenters. The summed E-state index contributed by atoms with van der Waals surface area (Å²) < 4.78 is 0.499. The van der Waals surface area contributed by atoms with Crippen LogP contribution in [0.15, 0.2) is 49.8 Å². The van der Waals surface area contributed by atoms with Crippen molar-refractivity contribution in [3.8, 4) is 0 Å². The molecule has 0 fully saturated rings.